The van der Waals surface area contributed by atoms with Crippen molar-refractivity contribution in [1.29, 1.82) is 0 Å². The second-order valence-corrected chi connectivity index (χ2v) is 9.63. The minimum Gasteiger partial charge on any atom is -0.333 e. The predicted molar refractivity (Wildman–Crippen MR) is 136 cm³/mol. The first-order chi connectivity index (χ1) is 16.0. The fourth-order valence-electron chi connectivity index (χ4n) is 4.44. The molecule has 4 rings (SSSR count). The molecule has 1 fully saturated rings. The van der Waals surface area contributed by atoms with Crippen molar-refractivity contribution in [3.63, 3.8) is 0 Å². The van der Waals surface area contributed by atoms with Gasteiger partial charge in [-0.15, -0.1) is 11.8 Å². The van der Waals surface area contributed by atoms with Crippen LogP contribution in [0.2, 0.25) is 0 Å². The number of carbonyl (C=O) groups is 2. The first-order valence-electron chi connectivity index (χ1n) is 11.5. The number of hydrogen-bond acceptors (Lipinski definition) is 3. The molecule has 5 heteroatoms. The van der Waals surface area contributed by atoms with Crippen LogP contribution >= 0.6 is 11.8 Å². The molecule has 2 atom stereocenters. The monoisotopic (exact) mass is 458 g/mol. The first-order valence-corrected chi connectivity index (χ1v) is 12.5. The maximum atomic E-state index is 13.5. The van der Waals surface area contributed by atoms with Gasteiger partial charge in [0.05, 0.1) is 16.8 Å². The molecule has 0 spiro atoms. The normalized spacial score (nSPS) is 18.1. The number of nitrogens with zero attached hydrogens (tertiary/aromatic N) is 1. The van der Waals surface area contributed by atoms with Gasteiger partial charge in [-0.25, -0.2) is 0 Å². The maximum absolute atomic E-state index is 13.5. The van der Waals surface area contributed by atoms with E-state index in [1.165, 1.54) is 5.56 Å². The van der Waals surface area contributed by atoms with Gasteiger partial charge in [0.15, 0.2) is 0 Å². The van der Waals surface area contributed by atoms with Crippen molar-refractivity contribution < 1.29 is 9.59 Å². The van der Waals surface area contributed by atoms with Crippen molar-refractivity contribution in [2.45, 2.75) is 55.8 Å². The minimum absolute atomic E-state index is 0.0164. The summed E-state index contributed by atoms with van der Waals surface area (Å²) in [4.78, 5) is 29.6. The van der Waals surface area contributed by atoms with Gasteiger partial charge in [-0.2, -0.15) is 0 Å². The summed E-state index contributed by atoms with van der Waals surface area (Å²) in [6.45, 7) is 4.21. The highest BCUT2D eigenvalue weighted by atomic mass is 32.2. The van der Waals surface area contributed by atoms with Crippen molar-refractivity contribution in [3.8, 4) is 0 Å². The van der Waals surface area contributed by atoms with Gasteiger partial charge < -0.3 is 10.2 Å². The zero-order chi connectivity index (χ0) is 23.2. The van der Waals surface area contributed by atoms with E-state index < -0.39 is 0 Å². The largest absolute Gasteiger partial charge is 0.333 e. The summed E-state index contributed by atoms with van der Waals surface area (Å²) in [5.74, 6) is 0.564. The number of carbonyl (C=O) groups excluding carboxylic acids is 2. The summed E-state index contributed by atoms with van der Waals surface area (Å²) < 4.78 is 0. The Kier molecular flexibility index (Phi) is 7.50. The van der Waals surface area contributed by atoms with E-state index in [1.54, 1.807) is 11.8 Å². The number of piperidine rings is 1. The molecule has 3 aromatic carbocycles. The number of nitrogens with one attached hydrogen (secondary N) is 1. The van der Waals surface area contributed by atoms with Crippen LogP contribution in [0, 0.1) is 0 Å². The zero-order valence-electron chi connectivity index (χ0n) is 19.2. The third-order valence-electron chi connectivity index (χ3n) is 6.20. The Morgan fingerprint density at radius 1 is 0.848 bits per heavy atom. The lowest BCUT2D eigenvalue weighted by molar-refractivity contribution is 0.0512. The quantitative estimate of drug-likeness (QED) is 0.422. The number of rotatable bonds is 6. The zero-order valence-corrected chi connectivity index (χ0v) is 20.0. The van der Waals surface area contributed by atoms with Crippen molar-refractivity contribution in [2.75, 3.05) is 5.32 Å². The van der Waals surface area contributed by atoms with E-state index in [0.717, 1.165) is 29.9 Å². The van der Waals surface area contributed by atoms with Crippen LogP contribution in [0.25, 0.3) is 0 Å². The average Bonchev–Trinajstić information content (AvgIpc) is 2.83. The fourth-order valence-corrected chi connectivity index (χ4v) is 5.45. The van der Waals surface area contributed by atoms with Crippen molar-refractivity contribution >= 4 is 29.3 Å². The number of amides is 2. The van der Waals surface area contributed by atoms with E-state index in [4.69, 9.17) is 0 Å². The van der Waals surface area contributed by atoms with Gasteiger partial charge in [-0.05, 0) is 62.9 Å². The van der Waals surface area contributed by atoms with Crippen LogP contribution in [-0.2, 0) is 5.75 Å². The van der Waals surface area contributed by atoms with Crippen molar-refractivity contribution in [3.05, 3.63) is 95.6 Å². The van der Waals surface area contributed by atoms with Gasteiger partial charge in [0.2, 0.25) is 0 Å². The molecule has 2 amide bonds. The fraction of sp³-hybridized carbons (Fsp3) is 0.286. The highest BCUT2D eigenvalue weighted by Crippen LogP contribution is 2.29. The van der Waals surface area contributed by atoms with Crippen LogP contribution in [-0.4, -0.2) is 28.8 Å². The second-order valence-electron chi connectivity index (χ2n) is 8.61. The number of anilines is 1. The molecule has 1 heterocycles. The van der Waals surface area contributed by atoms with Crippen LogP contribution in [0.3, 0.4) is 0 Å². The second kappa shape index (κ2) is 10.7. The van der Waals surface area contributed by atoms with Crippen LogP contribution in [0.4, 0.5) is 5.69 Å². The molecule has 1 N–H and O–H groups in total. The Labute approximate surface area is 200 Å². The van der Waals surface area contributed by atoms with E-state index in [1.807, 2.05) is 71.6 Å². The molecule has 1 aliphatic heterocycles. The molecule has 4 nitrogen and oxygen atoms in total. The molecule has 0 bridgehead atoms. The van der Waals surface area contributed by atoms with Gasteiger partial charge in [-0.3, -0.25) is 9.59 Å². The molecule has 170 valence electrons. The molecule has 0 aliphatic carbocycles. The molecular formula is C28H30N2O2S. The number of benzene rings is 3. The van der Waals surface area contributed by atoms with Crippen molar-refractivity contribution in [2.24, 2.45) is 0 Å². The van der Waals surface area contributed by atoms with Crippen LogP contribution in [0.5, 0.6) is 0 Å². The lowest BCUT2D eigenvalue weighted by Crippen LogP contribution is -2.47. The highest BCUT2D eigenvalue weighted by molar-refractivity contribution is 7.98. The molecular weight excluding hydrogens is 428 g/mol. The van der Waals surface area contributed by atoms with Gasteiger partial charge in [0.25, 0.3) is 11.8 Å². The highest BCUT2D eigenvalue weighted by Gasteiger charge is 2.31. The maximum Gasteiger partial charge on any atom is 0.256 e. The van der Waals surface area contributed by atoms with Crippen LogP contribution in [0.1, 0.15) is 59.4 Å². The number of thioether (sulfide) groups is 1. The number of para-hydroxylation sites is 1. The SMILES string of the molecule is CC1CCCC(C)N1C(=O)c1ccccc1NC(=O)c1ccccc1SCc1ccccc1. The van der Waals surface area contributed by atoms with Crippen molar-refractivity contribution in [1.82, 2.24) is 4.90 Å². The summed E-state index contributed by atoms with van der Waals surface area (Å²) in [7, 11) is 0. The third kappa shape index (κ3) is 5.48. The van der Waals surface area contributed by atoms with E-state index in [0.29, 0.717) is 16.8 Å². The first kappa shape index (κ1) is 23.1. The Hall–Kier alpha value is -3.05. The van der Waals surface area contributed by atoms with Gasteiger partial charge in [0.1, 0.15) is 0 Å². The molecule has 33 heavy (non-hydrogen) atoms. The summed E-state index contributed by atoms with van der Waals surface area (Å²) in [5.41, 5.74) is 2.92. The lowest BCUT2D eigenvalue weighted by Gasteiger charge is -2.39. The molecule has 1 aliphatic rings. The number of likely N-dealkylation sites (tertiary alicyclic amines) is 1. The Balaban J connectivity index is 1.54. The molecule has 0 aromatic heterocycles. The summed E-state index contributed by atoms with van der Waals surface area (Å²) in [6, 6.07) is 25.5. The number of hydrogen-bond donors (Lipinski definition) is 1. The van der Waals surface area contributed by atoms with E-state index in [9.17, 15) is 9.59 Å². The summed E-state index contributed by atoms with van der Waals surface area (Å²) >= 11 is 1.64. The van der Waals surface area contributed by atoms with Crippen LogP contribution < -0.4 is 5.32 Å². The van der Waals surface area contributed by atoms with E-state index >= 15 is 0 Å². The predicted octanol–water partition coefficient (Wildman–Crippen LogP) is 6.63. The standard InChI is InChI=1S/C28H30N2O2S/c1-20-11-10-12-21(2)30(20)28(32)23-15-6-8-17-25(23)29-27(31)24-16-7-9-18-26(24)33-19-22-13-4-3-5-14-22/h3-9,13-18,20-21H,10-12,19H2,1-2H3,(H,29,31). The lowest BCUT2D eigenvalue weighted by atomic mass is 9.96. The molecule has 1 saturated heterocycles. The smallest absolute Gasteiger partial charge is 0.256 e. The third-order valence-corrected chi connectivity index (χ3v) is 7.35. The Morgan fingerprint density at radius 3 is 2.18 bits per heavy atom. The Morgan fingerprint density at radius 2 is 1.45 bits per heavy atom. The minimum atomic E-state index is -0.203. The van der Waals surface area contributed by atoms with Crippen LogP contribution in [0.15, 0.2) is 83.8 Å². The van der Waals surface area contributed by atoms with Gasteiger partial charge in [-0.1, -0.05) is 54.6 Å². The van der Waals surface area contributed by atoms with Gasteiger partial charge in [0, 0.05) is 22.7 Å². The molecule has 3 aromatic rings. The molecule has 2 unspecified atom stereocenters. The average molecular weight is 459 g/mol. The van der Waals surface area contributed by atoms with E-state index in [2.05, 4.69) is 31.3 Å². The Bertz CT molecular complexity index is 1110. The summed E-state index contributed by atoms with van der Waals surface area (Å²) in [6.07, 6.45) is 3.16. The molecule has 0 saturated carbocycles. The summed E-state index contributed by atoms with van der Waals surface area (Å²) in [5, 5.41) is 3.02. The van der Waals surface area contributed by atoms with E-state index in [-0.39, 0.29) is 23.9 Å². The molecule has 0 radical (unpaired) electrons. The van der Waals surface area contributed by atoms with Gasteiger partial charge >= 0.3 is 0 Å². The topological polar surface area (TPSA) is 49.4 Å².